The number of carbonyl (C=O) groups excluding carboxylic acids is 1. The molecule has 132 valence electrons. The highest BCUT2D eigenvalue weighted by atomic mass is 35.5. The van der Waals surface area contributed by atoms with Crippen LogP contribution in [0.4, 0.5) is 0 Å². The van der Waals surface area contributed by atoms with Crippen molar-refractivity contribution in [2.24, 2.45) is 4.99 Å². The molecule has 0 bridgehead atoms. The van der Waals surface area contributed by atoms with Gasteiger partial charge in [-0.1, -0.05) is 23.7 Å². The molecule has 0 aliphatic heterocycles. The molecule has 2 heterocycles. The van der Waals surface area contributed by atoms with Crippen LogP contribution in [0.15, 0.2) is 76.6 Å². The summed E-state index contributed by atoms with van der Waals surface area (Å²) in [5.41, 5.74) is 1.43. The number of hydrogen-bond acceptors (Lipinski definition) is 4. The summed E-state index contributed by atoms with van der Waals surface area (Å²) in [6.45, 7) is 2.24. The fourth-order valence-electron chi connectivity index (χ4n) is 2.60. The first-order valence-corrected chi connectivity index (χ1v) is 8.85. The number of aromatic nitrogens is 1. The lowest BCUT2D eigenvalue weighted by Gasteiger charge is -2.19. The standard InChI is InChI=1S/C20H17ClN2O2S/c1-14-6-4-10-23(13-14)18(19(24)16-8-2-3-9-17(16)21)20(26)22-12-15-7-5-11-25-15/h2-11,13,18H,12H2,1H3/t18-/m1/s1. The lowest BCUT2D eigenvalue weighted by Crippen LogP contribution is -2.48. The number of Topliss-reactive ketones (excluding diaryl/α,β-unsaturated/α-hetero) is 1. The van der Waals surface area contributed by atoms with Crippen LogP contribution in [0.25, 0.3) is 0 Å². The Morgan fingerprint density at radius 3 is 2.73 bits per heavy atom. The van der Waals surface area contributed by atoms with Gasteiger partial charge < -0.3 is 22.0 Å². The van der Waals surface area contributed by atoms with E-state index >= 15 is 0 Å². The van der Waals surface area contributed by atoms with E-state index in [0.717, 1.165) is 5.56 Å². The number of rotatable bonds is 6. The largest absolute Gasteiger partial charge is 0.758 e. The van der Waals surface area contributed by atoms with Crippen molar-refractivity contribution in [2.75, 3.05) is 0 Å². The lowest BCUT2D eigenvalue weighted by molar-refractivity contribution is -0.692. The summed E-state index contributed by atoms with van der Waals surface area (Å²) in [5.74, 6) is 0.491. The first kappa shape index (κ1) is 18.3. The van der Waals surface area contributed by atoms with Gasteiger partial charge in [-0.05, 0) is 42.3 Å². The second-order valence-electron chi connectivity index (χ2n) is 5.81. The van der Waals surface area contributed by atoms with Gasteiger partial charge in [-0.2, -0.15) is 4.57 Å². The number of aryl methyl sites for hydroxylation is 1. The van der Waals surface area contributed by atoms with Crippen molar-refractivity contribution in [2.45, 2.75) is 19.5 Å². The van der Waals surface area contributed by atoms with Crippen LogP contribution in [0.2, 0.25) is 5.02 Å². The van der Waals surface area contributed by atoms with Gasteiger partial charge in [-0.15, -0.1) is 0 Å². The van der Waals surface area contributed by atoms with Crippen LogP contribution in [-0.4, -0.2) is 10.8 Å². The molecule has 2 aromatic heterocycles. The summed E-state index contributed by atoms with van der Waals surface area (Å²) in [7, 11) is 0. The van der Waals surface area contributed by atoms with Crippen molar-refractivity contribution in [3.8, 4) is 0 Å². The van der Waals surface area contributed by atoms with Gasteiger partial charge in [0.05, 0.1) is 17.8 Å². The zero-order chi connectivity index (χ0) is 18.5. The smallest absolute Gasteiger partial charge is 0.237 e. The molecule has 0 saturated heterocycles. The molecule has 1 aromatic carbocycles. The van der Waals surface area contributed by atoms with E-state index in [1.54, 1.807) is 47.4 Å². The number of pyridine rings is 1. The molecule has 0 aliphatic carbocycles. The van der Waals surface area contributed by atoms with Crippen LogP contribution in [0.5, 0.6) is 0 Å². The monoisotopic (exact) mass is 384 g/mol. The highest BCUT2D eigenvalue weighted by Crippen LogP contribution is 2.20. The van der Waals surface area contributed by atoms with E-state index < -0.39 is 6.04 Å². The molecule has 0 spiro atoms. The first-order chi connectivity index (χ1) is 12.6. The van der Waals surface area contributed by atoms with Gasteiger partial charge >= 0.3 is 0 Å². The lowest BCUT2D eigenvalue weighted by atomic mass is 10.0. The van der Waals surface area contributed by atoms with Crippen molar-refractivity contribution in [1.82, 2.24) is 0 Å². The molecule has 0 fully saturated rings. The Balaban J connectivity index is 2.00. The molecule has 0 aliphatic rings. The van der Waals surface area contributed by atoms with Crippen LogP contribution >= 0.6 is 11.6 Å². The van der Waals surface area contributed by atoms with Crippen LogP contribution in [0, 0.1) is 6.92 Å². The second kappa shape index (κ2) is 8.25. The average Bonchev–Trinajstić information content (AvgIpc) is 3.14. The van der Waals surface area contributed by atoms with Crippen LogP contribution in [-0.2, 0) is 19.2 Å². The Bertz CT molecular complexity index is 938. The minimum Gasteiger partial charge on any atom is -0.758 e. The third kappa shape index (κ3) is 4.18. The Morgan fingerprint density at radius 1 is 1.23 bits per heavy atom. The zero-order valence-corrected chi connectivity index (χ0v) is 15.7. The van der Waals surface area contributed by atoms with E-state index in [0.29, 0.717) is 16.3 Å². The topological polar surface area (TPSA) is 46.5 Å². The molecule has 3 rings (SSSR count). The van der Waals surface area contributed by atoms with Gasteiger partial charge in [0.15, 0.2) is 12.4 Å². The maximum Gasteiger partial charge on any atom is 0.237 e. The second-order valence-corrected chi connectivity index (χ2v) is 6.63. The average molecular weight is 385 g/mol. The summed E-state index contributed by atoms with van der Waals surface area (Å²) < 4.78 is 7.06. The van der Waals surface area contributed by atoms with E-state index in [4.69, 9.17) is 28.6 Å². The van der Waals surface area contributed by atoms with E-state index in [1.807, 2.05) is 31.3 Å². The van der Waals surface area contributed by atoms with Crippen molar-refractivity contribution in [1.29, 1.82) is 0 Å². The van der Waals surface area contributed by atoms with Crippen LogP contribution in [0.3, 0.4) is 0 Å². The molecule has 0 amide bonds. The normalized spacial score (nSPS) is 12.8. The van der Waals surface area contributed by atoms with E-state index in [2.05, 4.69) is 4.99 Å². The molecule has 4 nitrogen and oxygen atoms in total. The highest BCUT2D eigenvalue weighted by molar-refractivity contribution is 7.77. The van der Waals surface area contributed by atoms with Crippen molar-refractivity contribution < 1.29 is 13.8 Å². The van der Waals surface area contributed by atoms with Gasteiger partial charge in [0.2, 0.25) is 11.8 Å². The number of furan rings is 1. The maximum absolute atomic E-state index is 13.2. The third-order valence-electron chi connectivity index (χ3n) is 3.86. The number of halogens is 1. The minimum atomic E-state index is -0.750. The van der Waals surface area contributed by atoms with E-state index in [1.165, 1.54) is 0 Å². The van der Waals surface area contributed by atoms with E-state index in [-0.39, 0.29) is 17.4 Å². The molecule has 6 heteroatoms. The Kier molecular flexibility index (Phi) is 5.81. The molecular formula is C20H17ClN2O2S. The molecule has 0 saturated carbocycles. The predicted octanol–water partition coefficient (Wildman–Crippen LogP) is 4.10. The van der Waals surface area contributed by atoms with Crippen LogP contribution < -0.4 is 4.57 Å². The zero-order valence-electron chi connectivity index (χ0n) is 14.1. The van der Waals surface area contributed by atoms with Gasteiger partial charge in [-0.25, -0.2) is 0 Å². The van der Waals surface area contributed by atoms with Crippen LogP contribution in [0.1, 0.15) is 27.7 Å². The third-order valence-corrected chi connectivity index (χ3v) is 4.54. The number of nitrogens with zero attached hydrogens (tertiary/aromatic N) is 2. The number of hydrogen-bond donors (Lipinski definition) is 0. The summed E-state index contributed by atoms with van der Waals surface area (Å²) in [4.78, 5) is 17.6. The molecule has 0 unspecified atom stereocenters. The number of ketones is 1. The highest BCUT2D eigenvalue weighted by Gasteiger charge is 2.29. The predicted molar refractivity (Wildman–Crippen MR) is 103 cm³/mol. The van der Waals surface area contributed by atoms with Crippen molar-refractivity contribution >= 4 is 35.1 Å². The molecule has 3 aromatic rings. The molecule has 0 N–H and O–H groups in total. The number of benzene rings is 1. The summed E-state index contributed by atoms with van der Waals surface area (Å²) in [6, 6.07) is 13.6. The molecule has 26 heavy (non-hydrogen) atoms. The van der Waals surface area contributed by atoms with E-state index in [9.17, 15) is 4.79 Å². The van der Waals surface area contributed by atoms with Gasteiger partial charge in [0.25, 0.3) is 0 Å². The minimum absolute atomic E-state index is 0.195. The Labute approximate surface area is 162 Å². The number of carbonyl (C=O) groups is 1. The Morgan fingerprint density at radius 2 is 2.04 bits per heavy atom. The number of aliphatic imine (C=N–C) groups is 1. The first-order valence-electron chi connectivity index (χ1n) is 8.06. The fraction of sp³-hybridized carbons (Fsp3) is 0.150. The summed E-state index contributed by atoms with van der Waals surface area (Å²) >= 11 is 11.7. The molecule has 1 atom stereocenters. The Hall–Kier alpha value is -2.50. The van der Waals surface area contributed by atoms with Gasteiger partial charge in [0, 0.05) is 17.2 Å². The van der Waals surface area contributed by atoms with Gasteiger partial charge in [-0.3, -0.25) is 4.79 Å². The summed E-state index contributed by atoms with van der Waals surface area (Å²) in [6.07, 6.45) is 5.25. The molecule has 0 radical (unpaired) electrons. The SMILES string of the molecule is Cc1ccc[n+]([C@H](C(=O)c2ccccc2Cl)C([S-])=NCc2ccco2)c1. The maximum atomic E-state index is 13.2. The molecular weight excluding hydrogens is 368 g/mol. The summed E-state index contributed by atoms with van der Waals surface area (Å²) in [5, 5.41) is 0.673. The van der Waals surface area contributed by atoms with Gasteiger partial charge in [0.1, 0.15) is 5.76 Å². The van der Waals surface area contributed by atoms with Crippen molar-refractivity contribution in [3.05, 3.63) is 89.1 Å². The quantitative estimate of drug-likeness (QED) is 0.211. The fourth-order valence-corrected chi connectivity index (χ4v) is 3.13. The van der Waals surface area contributed by atoms with Crippen molar-refractivity contribution in [3.63, 3.8) is 0 Å².